The fourth-order valence-corrected chi connectivity index (χ4v) is 0.937. The molecular weight excluding hydrogens is 178 g/mol. The van der Waals surface area contributed by atoms with E-state index in [0.29, 0.717) is 5.56 Å². The zero-order valence-corrected chi connectivity index (χ0v) is 7.13. The van der Waals surface area contributed by atoms with E-state index in [0.717, 1.165) is 0 Å². The number of hydrogen-bond donors (Lipinski definition) is 1. The number of alkyl halides is 2. The van der Waals surface area contributed by atoms with E-state index >= 15 is 0 Å². The van der Waals surface area contributed by atoms with E-state index in [4.69, 9.17) is 10.5 Å². The minimum Gasteiger partial charge on any atom is -0.481 e. The van der Waals surface area contributed by atoms with Crippen molar-refractivity contribution in [2.45, 2.75) is 13.0 Å². The third-order valence-corrected chi connectivity index (χ3v) is 1.60. The highest BCUT2D eigenvalue weighted by Crippen LogP contribution is 2.21. The molecule has 1 aromatic heterocycles. The van der Waals surface area contributed by atoms with Gasteiger partial charge in [-0.3, -0.25) is 0 Å². The van der Waals surface area contributed by atoms with Crippen LogP contribution in [0.1, 0.15) is 17.7 Å². The minimum atomic E-state index is -2.58. The Bertz CT molecular complexity index is 291. The summed E-state index contributed by atoms with van der Waals surface area (Å²) in [5, 5.41) is 0. The normalized spacial score (nSPS) is 10.5. The van der Waals surface area contributed by atoms with E-state index in [9.17, 15) is 8.78 Å². The summed E-state index contributed by atoms with van der Waals surface area (Å²) in [6.07, 6.45) is -2.58. The van der Waals surface area contributed by atoms with Gasteiger partial charge in [-0.2, -0.15) is 0 Å². The molecular formula is C8H10F2N2O. The maximum absolute atomic E-state index is 12.2. The van der Waals surface area contributed by atoms with E-state index in [1.165, 1.54) is 19.2 Å². The van der Waals surface area contributed by atoms with Crippen molar-refractivity contribution in [1.29, 1.82) is 0 Å². The van der Waals surface area contributed by atoms with Gasteiger partial charge in [0.25, 0.3) is 6.43 Å². The first-order chi connectivity index (χ1) is 6.19. The Labute approximate surface area is 74.5 Å². The minimum absolute atomic E-state index is 0.167. The topological polar surface area (TPSA) is 48.1 Å². The predicted molar refractivity (Wildman–Crippen MR) is 43.6 cm³/mol. The van der Waals surface area contributed by atoms with Crippen molar-refractivity contribution in [3.63, 3.8) is 0 Å². The number of pyridine rings is 1. The second-order valence-corrected chi connectivity index (χ2v) is 2.41. The van der Waals surface area contributed by atoms with Crippen LogP contribution in [0.25, 0.3) is 0 Å². The van der Waals surface area contributed by atoms with Crippen molar-refractivity contribution in [2.24, 2.45) is 5.73 Å². The molecule has 0 aliphatic carbocycles. The van der Waals surface area contributed by atoms with E-state index in [1.54, 1.807) is 0 Å². The molecule has 72 valence electrons. The zero-order chi connectivity index (χ0) is 9.84. The lowest BCUT2D eigenvalue weighted by molar-refractivity contribution is 0.145. The van der Waals surface area contributed by atoms with Crippen molar-refractivity contribution in [2.75, 3.05) is 7.11 Å². The number of nitrogens with zero attached hydrogens (tertiary/aromatic N) is 1. The highest BCUT2D eigenvalue weighted by Gasteiger charge is 2.11. The highest BCUT2D eigenvalue weighted by atomic mass is 19.3. The Morgan fingerprint density at radius 1 is 1.54 bits per heavy atom. The van der Waals surface area contributed by atoms with Gasteiger partial charge in [-0.25, -0.2) is 13.8 Å². The van der Waals surface area contributed by atoms with Crippen molar-refractivity contribution in [3.8, 4) is 5.88 Å². The van der Waals surface area contributed by atoms with E-state index in [1.807, 2.05) is 0 Å². The lowest BCUT2D eigenvalue weighted by Gasteiger charge is -2.06. The summed E-state index contributed by atoms with van der Waals surface area (Å²) in [6, 6.07) is 2.74. The van der Waals surface area contributed by atoms with Crippen LogP contribution >= 0.6 is 0 Å². The van der Waals surface area contributed by atoms with Gasteiger partial charge >= 0.3 is 0 Å². The SMILES string of the molecule is COc1nc(C(F)F)ccc1CN. The Kier molecular flexibility index (Phi) is 3.13. The van der Waals surface area contributed by atoms with Crippen LogP contribution in [0.15, 0.2) is 12.1 Å². The van der Waals surface area contributed by atoms with Crippen LogP contribution in [0.4, 0.5) is 8.78 Å². The predicted octanol–water partition coefficient (Wildman–Crippen LogP) is 1.49. The summed E-state index contributed by atoms with van der Waals surface area (Å²) in [4.78, 5) is 3.61. The molecule has 0 amide bonds. The summed E-state index contributed by atoms with van der Waals surface area (Å²) in [6.45, 7) is 0.222. The zero-order valence-electron chi connectivity index (χ0n) is 7.13. The highest BCUT2D eigenvalue weighted by molar-refractivity contribution is 5.28. The van der Waals surface area contributed by atoms with Crippen LogP contribution in [-0.2, 0) is 6.54 Å². The molecule has 0 aromatic carbocycles. The summed E-state index contributed by atoms with van der Waals surface area (Å²) in [5.74, 6) is 0.167. The molecule has 0 atom stereocenters. The quantitative estimate of drug-likeness (QED) is 0.781. The largest absolute Gasteiger partial charge is 0.481 e. The van der Waals surface area contributed by atoms with Crippen LogP contribution in [0, 0.1) is 0 Å². The summed E-state index contributed by atoms with van der Waals surface area (Å²) in [5.41, 5.74) is 5.67. The van der Waals surface area contributed by atoms with Crippen LogP contribution < -0.4 is 10.5 Å². The molecule has 0 spiro atoms. The van der Waals surface area contributed by atoms with Gasteiger partial charge in [-0.1, -0.05) is 6.07 Å². The van der Waals surface area contributed by atoms with Crippen LogP contribution in [0.3, 0.4) is 0 Å². The molecule has 0 saturated carbocycles. The average molecular weight is 188 g/mol. The fourth-order valence-electron chi connectivity index (χ4n) is 0.937. The molecule has 0 aliphatic rings. The Balaban J connectivity index is 3.05. The second-order valence-electron chi connectivity index (χ2n) is 2.41. The second kappa shape index (κ2) is 4.13. The molecule has 3 nitrogen and oxygen atoms in total. The van der Waals surface area contributed by atoms with E-state index in [2.05, 4.69) is 4.98 Å². The molecule has 1 heterocycles. The third-order valence-electron chi connectivity index (χ3n) is 1.60. The smallest absolute Gasteiger partial charge is 0.280 e. The molecule has 0 fully saturated rings. The first kappa shape index (κ1) is 9.85. The van der Waals surface area contributed by atoms with Crippen molar-refractivity contribution in [3.05, 3.63) is 23.4 Å². The van der Waals surface area contributed by atoms with Gasteiger partial charge in [0.1, 0.15) is 5.69 Å². The van der Waals surface area contributed by atoms with E-state index < -0.39 is 6.43 Å². The number of ether oxygens (including phenoxy) is 1. The van der Waals surface area contributed by atoms with Gasteiger partial charge in [0, 0.05) is 12.1 Å². The molecule has 2 N–H and O–H groups in total. The van der Waals surface area contributed by atoms with Gasteiger partial charge in [0.05, 0.1) is 7.11 Å². The standard InChI is InChI=1S/C8H10F2N2O/c1-13-8-5(4-11)2-3-6(12-8)7(9)10/h2-3,7H,4,11H2,1H3. The first-order valence-electron chi connectivity index (χ1n) is 3.71. The van der Waals surface area contributed by atoms with Crippen LogP contribution in [0.5, 0.6) is 5.88 Å². The number of hydrogen-bond acceptors (Lipinski definition) is 3. The maximum Gasteiger partial charge on any atom is 0.280 e. The Morgan fingerprint density at radius 2 is 2.23 bits per heavy atom. The summed E-state index contributed by atoms with van der Waals surface area (Å²) >= 11 is 0. The fraction of sp³-hybridized carbons (Fsp3) is 0.375. The van der Waals surface area contributed by atoms with Gasteiger partial charge in [0.2, 0.25) is 5.88 Å². The number of rotatable bonds is 3. The first-order valence-corrected chi connectivity index (χ1v) is 3.71. The molecule has 0 aliphatic heterocycles. The number of aromatic nitrogens is 1. The third kappa shape index (κ3) is 2.12. The molecule has 13 heavy (non-hydrogen) atoms. The van der Waals surface area contributed by atoms with Crippen molar-refractivity contribution < 1.29 is 13.5 Å². The number of halogens is 2. The Hall–Kier alpha value is -1.23. The molecule has 5 heteroatoms. The Morgan fingerprint density at radius 3 is 2.69 bits per heavy atom. The van der Waals surface area contributed by atoms with Crippen LogP contribution in [0.2, 0.25) is 0 Å². The molecule has 0 radical (unpaired) electrons. The summed E-state index contributed by atoms with van der Waals surface area (Å²) in [7, 11) is 1.37. The van der Waals surface area contributed by atoms with Crippen molar-refractivity contribution >= 4 is 0 Å². The lowest BCUT2D eigenvalue weighted by atomic mass is 10.2. The monoisotopic (exact) mass is 188 g/mol. The molecule has 0 saturated heterocycles. The van der Waals surface area contributed by atoms with Gasteiger partial charge < -0.3 is 10.5 Å². The average Bonchev–Trinajstić information content (AvgIpc) is 2.16. The molecule has 1 rings (SSSR count). The van der Waals surface area contributed by atoms with Crippen molar-refractivity contribution in [1.82, 2.24) is 4.98 Å². The molecule has 0 bridgehead atoms. The lowest BCUT2D eigenvalue weighted by Crippen LogP contribution is -2.03. The number of nitrogens with two attached hydrogens (primary N) is 1. The van der Waals surface area contributed by atoms with Gasteiger partial charge in [-0.05, 0) is 6.07 Å². The molecule has 1 aromatic rings. The van der Waals surface area contributed by atoms with Crippen LogP contribution in [-0.4, -0.2) is 12.1 Å². The maximum atomic E-state index is 12.2. The van der Waals surface area contributed by atoms with E-state index in [-0.39, 0.29) is 18.1 Å². The number of methoxy groups -OCH3 is 1. The molecule has 0 unspecified atom stereocenters. The van der Waals surface area contributed by atoms with Gasteiger partial charge in [0.15, 0.2) is 0 Å². The summed E-state index contributed by atoms with van der Waals surface area (Å²) < 4.78 is 29.1. The van der Waals surface area contributed by atoms with Gasteiger partial charge in [-0.15, -0.1) is 0 Å².